The fourth-order valence-corrected chi connectivity index (χ4v) is 3.07. The number of hydrogen-bond acceptors (Lipinski definition) is 2. The average Bonchev–Trinajstić information content (AvgIpc) is 2.70. The van der Waals surface area contributed by atoms with Gasteiger partial charge >= 0.3 is 0 Å². The molecular weight excluding hydrogens is 228 g/mol. The monoisotopic (exact) mass is 252 g/mol. The van der Waals surface area contributed by atoms with Crippen molar-refractivity contribution in [2.24, 2.45) is 5.92 Å². The topological polar surface area (TPSA) is 40.6 Å². The number of hydrogen-bond donors (Lipinski definition) is 0. The summed E-state index contributed by atoms with van der Waals surface area (Å²) in [5.41, 5.74) is 0. The van der Waals surface area contributed by atoms with Crippen LogP contribution in [0, 0.1) is 5.92 Å². The maximum absolute atomic E-state index is 12.2. The highest BCUT2D eigenvalue weighted by atomic mass is 16.2. The zero-order chi connectivity index (χ0) is 13.0. The van der Waals surface area contributed by atoms with Gasteiger partial charge in [-0.1, -0.05) is 12.8 Å². The van der Waals surface area contributed by atoms with Gasteiger partial charge in [0.1, 0.15) is 0 Å². The molecule has 0 bridgehead atoms. The lowest BCUT2D eigenvalue weighted by Crippen LogP contribution is -2.37. The van der Waals surface area contributed by atoms with Gasteiger partial charge in [0.25, 0.3) is 0 Å². The molecule has 2 aliphatic rings. The minimum Gasteiger partial charge on any atom is -0.341 e. The Bertz CT molecular complexity index is 311. The quantitative estimate of drug-likeness (QED) is 0.749. The number of amides is 2. The summed E-state index contributed by atoms with van der Waals surface area (Å²) >= 11 is 0. The first-order valence-corrected chi connectivity index (χ1v) is 7.20. The van der Waals surface area contributed by atoms with Crippen molar-refractivity contribution in [3.8, 4) is 0 Å². The van der Waals surface area contributed by atoms with Crippen LogP contribution < -0.4 is 0 Å². The van der Waals surface area contributed by atoms with E-state index < -0.39 is 0 Å². The zero-order valence-electron chi connectivity index (χ0n) is 11.4. The van der Waals surface area contributed by atoms with Gasteiger partial charge in [0, 0.05) is 39.5 Å². The Morgan fingerprint density at radius 2 is 1.56 bits per heavy atom. The molecule has 1 saturated heterocycles. The largest absolute Gasteiger partial charge is 0.341 e. The van der Waals surface area contributed by atoms with Crippen LogP contribution in [-0.2, 0) is 9.59 Å². The van der Waals surface area contributed by atoms with Crippen LogP contribution in [0.2, 0.25) is 0 Å². The molecule has 0 aromatic carbocycles. The Hall–Kier alpha value is -1.06. The van der Waals surface area contributed by atoms with Gasteiger partial charge in [-0.05, 0) is 25.2 Å². The van der Waals surface area contributed by atoms with Crippen LogP contribution in [0.4, 0.5) is 0 Å². The molecule has 0 atom stereocenters. The van der Waals surface area contributed by atoms with Gasteiger partial charge in [0.15, 0.2) is 0 Å². The molecular formula is C14H24N2O2. The summed E-state index contributed by atoms with van der Waals surface area (Å²) < 4.78 is 0. The normalized spacial score (nSPS) is 22.1. The van der Waals surface area contributed by atoms with Crippen molar-refractivity contribution >= 4 is 11.8 Å². The van der Waals surface area contributed by atoms with Crippen molar-refractivity contribution in [2.75, 3.05) is 26.2 Å². The van der Waals surface area contributed by atoms with Crippen molar-refractivity contribution in [3.05, 3.63) is 0 Å². The highest BCUT2D eigenvalue weighted by Gasteiger charge is 2.24. The second-order valence-electron chi connectivity index (χ2n) is 5.60. The molecule has 2 fully saturated rings. The fraction of sp³-hybridized carbons (Fsp3) is 0.857. The summed E-state index contributed by atoms with van der Waals surface area (Å²) in [7, 11) is 0. The molecule has 0 aromatic heterocycles. The third-order valence-corrected chi connectivity index (χ3v) is 4.23. The van der Waals surface area contributed by atoms with E-state index in [2.05, 4.69) is 0 Å². The Kier molecular flexibility index (Phi) is 4.61. The molecule has 0 radical (unpaired) electrons. The Morgan fingerprint density at radius 1 is 0.944 bits per heavy atom. The summed E-state index contributed by atoms with van der Waals surface area (Å²) in [5.74, 6) is 1.04. The van der Waals surface area contributed by atoms with E-state index in [0.717, 1.165) is 25.9 Å². The van der Waals surface area contributed by atoms with Crippen molar-refractivity contribution in [1.29, 1.82) is 0 Å². The SMILES string of the molecule is CC(=O)N1CCCN(C(=O)CC2CCCC2)CC1. The van der Waals surface area contributed by atoms with Crippen LogP contribution in [0.1, 0.15) is 45.4 Å². The predicted molar refractivity (Wildman–Crippen MR) is 70.0 cm³/mol. The first-order chi connectivity index (χ1) is 8.66. The van der Waals surface area contributed by atoms with Crippen LogP contribution >= 0.6 is 0 Å². The van der Waals surface area contributed by atoms with Crippen molar-refractivity contribution < 1.29 is 9.59 Å². The summed E-state index contributed by atoms with van der Waals surface area (Å²) in [5, 5.41) is 0. The van der Waals surface area contributed by atoms with Crippen LogP contribution in [-0.4, -0.2) is 47.8 Å². The highest BCUT2D eigenvalue weighted by molar-refractivity contribution is 5.77. The summed E-state index contributed by atoms with van der Waals surface area (Å²) in [6.07, 6.45) is 6.65. The van der Waals surface area contributed by atoms with E-state index in [-0.39, 0.29) is 5.91 Å². The molecule has 1 aliphatic carbocycles. The van der Waals surface area contributed by atoms with E-state index in [4.69, 9.17) is 0 Å². The molecule has 1 heterocycles. The number of carbonyl (C=O) groups excluding carboxylic acids is 2. The van der Waals surface area contributed by atoms with Crippen molar-refractivity contribution in [1.82, 2.24) is 9.80 Å². The zero-order valence-corrected chi connectivity index (χ0v) is 11.4. The van der Waals surface area contributed by atoms with Gasteiger partial charge in [-0.15, -0.1) is 0 Å². The third-order valence-electron chi connectivity index (χ3n) is 4.23. The molecule has 102 valence electrons. The molecule has 2 rings (SSSR count). The van der Waals surface area contributed by atoms with Crippen LogP contribution in [0.5, 0.6) is 0 Å². The van der Waals surface area contributed by atoms with Gasteiger partial charge < -0.3 is 9.80 Å². The van der Waals surface area contributed by atoms with Gasteiger partial charge in [-0.3, -0.25) is 9.59 Å². The van der Waals surface area contributed by atoms with Crippen molar-refractivity contribution in [3.63, 3.8) is 0 Å². The number of nitrogens with zero attached hydrogens (tertiary/aromatic N) is 2. The summed E-state index contributed by atoms with van der Waals surface area (Å²) in [4.78, 5) is 27.3. The molecule has 1 aliphatic heterocycles. The van der Waals surface area contributed by atoms with Gasteiger partial charge in [0.05, 0.1) is 0 Å². The average molecular weight is 252 g/mol. The fourth-order valence-electron chi connectivity index (χ4n) is 3.07. The standard InChI is InChI=1S/C14H24N2O2/c1-12(17)15-7-4-8-16(10-9-15)14(18)11-13-5-2-3-6-13/h13H,2-11H2,1H3. The van der Waals surface area contributed by atoms with Crippen LogP contribution in [0.15, 0.2) is 0 Å². The minimum absolute atomic E-state index is 0.125. The first-order valence-electron chi connectivity index (χ1n) is 7.20. The lowest BCUT2D eigenvalue weighted by Gasteiger charge is -2.22. The Morgan fingerprint density at radius 3 is 2.22 bits per heavy atom. The maximum atomic E-state index is 12.2. The minimum atomic E-state index is 0.125. The molecule has 4 nitrogen and oxygen atoms in total. The molecule has 18 heavy (non-hydrogen) atoms. The second-order valence-corrected chi connectivity index (χ2v) is 5.60. The number of carbonyl (C=O) groups is 2. The summed E-state index contributed by atoms with van der Waals surface area (Å²) in [6.45, 7) is 4.63. The lowest BCUT2D eigenvalue weighted by molar-refractivity contribution is -0.133. The highest BCUT2D eigenvalue weighted by Crippen LogP contribution is 2.28. The molecule has 4 heteroatoms. The van der Waals surface area contributed by atoms with E-state index in [9.17, 15) is 9.59 Å². The van der Waals surface area contributed by atoms with Gasteiger partial charge in [0.2, 0.25) is 11.8 Å². The molecule has 0 aromatic rings. The molecule has 0 N–H and O–H groups in total. The smallest absolute Gasteiger partial charge is 0.222 e. The van der Waals surface area contributed by atoms with Crippen LogP contribution in [0.25, 0.3) is 0 Å². The molecule has 1 saturated carbocycles. The van der Waals surface area contributed by atoms with E-state index >= 15 is 0 Å². The van der Waals surface area contributed by atoms with E-state index in [1.54, 1.807) is 6.92 Å². The summed E-state index contributed by atoms with van der Waals surface area (Å²) in [6, 6.07) is 0. The second kappa shape index (κ2) is 6.21. The first kappa shape index (κ1) is 13.4. The van der Waals surface area contributed by atoms with E-state index in [1.165, 1.54) is 25.7 Å². The Balaban J connectivity index is 1.81. The van der Waals surface area contributed by atoms with E-state index in [1.807, 2.05) is 9.80 Å². The lowest BCUT2D eigenvalue weighted by atomic mass is 10.0. The predicted octanol–water partition coefficient (Wildman–Crippen LogP) is 1.65. The third kappa shape index (κ3) is 3.47. The van der Waals surface area contributed by atoms with Crippen LogP contribution in [0.3, 0.4) is 0 Å². The van der Waals surface area contributed by atoms with Crippen molar-refractivity contribution in [2.45, 2.75) is 45.4 Å². The van der Waals surface area contributed by atoms with Gasteiger partial charge in [-0.2, -0.15) is 0 Å². The molecule has 0 unspecified atom stereocenters. The molecule has 2 amide bonds. The Labute approximate surface area is 109 Å². The maximum Gasteiger partial charge on any atom is 0.222 e. The molecule has 0 spiro atoms. The van der Waals surface area contributed by atoms with Gasteiger partial charge in [-0.25, -0.2) is 0 Å². The number of rotatable bonds is 2. The van der Waals surface area contributed by atoms with E-state index in [0.29, 0.717) is 24.9 Å².